The normalized spacial score (nSPS) is 11.1. The van der Waals surface area contributed by atoms with E-state index < -0.39 is 11.6 Å². The van der Waals surface area contributed by atoms with Gasteiger partial charge in [-0.3, -0.25) is 0 Å². The van der Waals surface area contributed by atoms with Crippen LogP contribution in [0.15, 0.2) is 47.2 Å². The van der Waals surface area contributed by atoms with Gasteiger partial charge in [0, 0.05) is 23.2 Å². The molecule has 1 heterocycles. The summed E-state index contributed by atoms with van der Waals surface area (Å²) in [6.45, 7) is 0.557. The van der Waals surface area contributed by atoms with E-state index in [9.17, 15) is 8.78 Å². The molecule has 0 N–H and O–H groups in total. The Hall–Kier alpha value is -1.75. The molecular formula is C14H9BrF2N2. The van der Waals surface area contributed by atoms with Gasteiger partial charge in [0.05, 0.1) is 17.4 Å². The Morgan fingerprint density at radius 3 is 2.68 bits per heavy atom. The van der Waals surface area contributed by atoms with Gasteiger partial charge in [-0.15, -0.1) is 0 Å². The van der Waals surface area contributed by atoms with Gasteiger partial charge in [0.15, 0.2) is 11.6 Å². The second-order valence-corrected chi connectivity index (χ2v) is 5.17. The van der Waals surface area contributed by atoms with Crippen LogP contribution in [-0.2, 0) is 6.54 Å². The molecule has 0 saturated heterocycles. The molecule has 19 heavy (non-hydrogen) atoms. The van der Waals surface area contributed by atoms with Crippen molar-refractivity contribution in [3.8, 4) is 0 Å². The van der Waals surface area contributed by atoms with E-state index in [1.165, 1.54) is 6.07 Å². The predicted molar refractivity (Wildman–Crippen MR) is 72.9 cm³/mol. The first-order valence-corrected chi connectivity index (χ1v) is 6.47. The zero-order valence-corrected chi connectivity index (χ0v) is 11.4. The Labute approximate surface area is 116 Å². The molecule has 0 aliphatic rings. The maximum atomic E-state index is 13.3. The van der Waals surface area contributed by atoms with Crippen molar-refractivity contribution in [2.75, 3.05) is 0 Å². The van der Waals surface area contributed by atoms with Crippen LogP contribution in [0.25, 0.3) is 11.0 Å². The number of hydrogen-bond acceptors (Lipinski definition) is 1. The van der Waals surface area contributed by atoms with Gasteiger partial charge in [-0.1, -0.05) is 28.1 Å². The van der Waals surface area contributed by atoms with Gasteiger partial charge < -0.3 is 4.57 Å². The van der Waals surface area contributed by atoms with Crippen LogP contribution >= 0.6 is 15.9 Å². The molecule has 1 aromatic heterocycles. The molecule has 5 heteroatoms. The first-order valence-electron chi connectivity index (χ1n) is 5.68. The second kappa shape index (κ2) is 4.74. The van der Waals surface area contributed by atoms with Crippen LogP contribution in [0.4, 0.5) is 8.78 Å². The molecular weight excluding hydrogens is 314 g/mol. The van der Waals surface area contributed by atoms with E-state index in [1.54, 1.807) is 10.9 Å². The van der Waals surface area contributed by atoms with E-state index in [0.717, 1.165) is 16.1 Å². The second-order valence-electron chi connectivity index (χ2n) is 4.26. The molecule has 2 aromatic carbocycles. The Morgan fingerprint density at radius 1 is 1.11 bits per heavy atom. The topological polar surface area (TPSA) is 17.8 Å². The van der Waals surface area contributed by atoms with Gasteiger partial charge >= 0.3 is 0 Å². The van der Waals surface area contributed by atoms with E-state index in [1.807, 2.05) is 24.3 Å². The third-order valence-corrected chi connectivity index (χ3v) is 3.40. The minimum atomic E-state index is -0.875. The number of aromatic nitrogens is 2. The summed E-state index contributed by atoms with van der Waals surface area (Å²) in [5.41, 5.74) is 2.09. The molecule has 0 atom stereocenters. The highest BCUT2D eigenvalue weighted by Crippen LogP contribution is 2.19. The van der Waals surface area contributed by atoms with E-state index in [2.05, 4.69) is 20.9 Å². The maximum absolute atomic E-state index is 13.3. The van der Waals surface area contributed by atoms with Crippen molar-refractivity contribution < 1.29 is 8.78 Å². The minimum Gasteiger partial charge on any atom is -0.326 e. The van der Waals surface area contributed by atoms with Gasteiger partial charge in [0.25, 0.3) is 0 Å². The lowest BCUT2D eigenvalue weighted by molar-refractivity contribution is 0.510. The van der Waals surface area contributed by atoms with Crippen molar-refractivity contribution in [2.45, 2.75) is 6.54 Å². The third kappa shape index (κ3) is 2.38. The van der Waals surface area contributed by atoms with Crippen molar-refractivity contribution in [1.82, 2.24) is 9.55 Å². The van der Waals surface area contributed by atoms with E-state index in [4.69, 9.17) is 0 Å². The molecule has 96 valence electrons. The van der Waals surface area contributed by atoms with Crippen molar-refractivity contribution in [3.63, 3.8) is 0 Å². The molecule has 3 rings (SSSR count). The van der Waals surface area contributed by atoms with Crippen LogP contribution in [0.2, 0.25) is 0 Å². The molecule has 0 radical (unpaired) electrons. The Kier molecular flexibility index (Phi) is 3.06. The number of halogens is 3. The van der Waals surface area contributed by atoms with Crippen LogP contribution in [0.5, 0.6) is 0 Å². The monoisotopic (exact) mass is 322 g/mol. The number of benzene rings is 2. The molecule has 0 aliphatic carbocycles. The Morgan fingerprint density at radius 2 is 1.89 bits per heavy atom. The van der Waals surface area contributed by atoms with Crippen molar-refractivity contribution in [2.24, 2.45) is 0 Å². The van der Waals surface area contributed by atoms with Gasteiger partial charge in [0.2, 0.25) is 0 Å². The summed E-state index contributed by atoms with van der Waals surface area (Å²) in [5, 5.41) is 0. The molecule has 0 fully saturated rings. The average Bonchev–Trinajstić information content (AvgIpc) is 2.73. The lowest BCUT2D eigenvalue weighted by atomic mass is 10.2. The molecule has 2 nitrogen and oxygen atoms in total. The van der Waals surface area contributed by atoms with Crippen LogP contribution in [0, 0.1) is 11.6 Å². The SMILES string of the molecule is Fc1cc2ncn(Cc3cccc(Br)c3)c2cc1F. The van der Waals surface area contributed by atoms with Crippen molar-refractivity contribution in [1.29, 1.82) is 0 Å². The fourth-order valence-electron chi connectivity index (χ4n) is 2.01. The molecule has 0 spiro atoms. The zero-order valence-electron chi connectivity index (χ0n) is 9.78. The number of rotatable bonds is 2. The quantitative estimate of drug-likeness (QED) is 0.693. The number of hydrogen-bond donors (Lipinski definition) is 0. The summed E-state index contributed by atoms with van der Waals surface area (Å²) >= 11 is 3.40. The largest absolute Gasteiger partial charge is 0.326 e. The smallest absolute Gasteiger partial charge is 0.161 e. The van der Waals surface area contributed by atoms with Gasteiger partial charge in [0.1, 0.15) is 0 Å². The highest BCUT2D eigenvalue weighted by Gasteiger charge is 2.09. The van der Waals surface area contributed by atoms with Crippen LogP contribution in [-0.4, -0.2) is 9.55 Å². The third-order valence-electron chi connectivity index (χ3n) is 2.91. The summed E-state index contributed by atoms with van der Waals surface area (Å²) in [6.07, 6.45) is 1.59. The summed E-state index contributed by atoms with van der Waals surface area (Å²) in [5.74, 6) is -1.73. The highest BCUT2D eigenvalue weighted by molar-refractivity contribution is 9.10. The summed E-state index contributed by atoms with van der Waals surface area (Å²) in [6, 6.07) is 10.1. The molecule has 0 amide bonds. The van der Waals surface area contributed by atoms with E-state index >= 15 is 0 Å². The lowest BCUT2D eigenvalue weighted by Crippen LogP contribution is -1.98. The molecule has 0 bridgehead atoms. The van der Waals surface area contributed by atoms with Gasteiger partial charge in [-0.2, -0.15) is 0 Å². The molecule has 0 aliphatic heterocycles. The fourth-order valence-corrected chi connectivity index (χ4v) is 2.46. The molecule has 0 unspecified atom stereocenters. The average molecular weight is 323 g/mol. The fraction of sp³-hybridized carbons (Fsp3) is 0.0714. The highest BCUT2D eigenvalue weighted by atomic mass is 79.9. The Balaban J connectivity index is 2.04. The number of nitrogens with zero attached hydrogens (tertiary/aromatic N) is 2. The summed E-state index contributed by atoms with van der Waals surface area (Å²) < 4.78 is 29.2. The Bertz CT molecular complexity index is 752. The first-order chi connectivity index (χ1) is 9.13. The van der Waals surface area contributed by atoms with Crippen LogP contribution < -0.4 is 0 Å². The van der Waals surface area contributed by atoms with Crippen molar-refractivity contribution in [3.05, 3.63) is 64.4 Å². The maximum Gasteiger partial charge on any atom is 0.161 e. The van der Waals surface area contributed by atoms with Gasteiger partial charge in [-0.25, -0.2) is 13.8 Å². The van der Waals surface area contributed by atoms with Crippen LogP contribution in [0.1, 0.15) is 5.56 Å². The zero-order chi connectivity index (χ0) is 13.4. The number of fused-ring (bicyclic) bond motifs is 1. The minimum absolute atomic E-state index is 0.453. The lowest BCUT2D eigenvalue weighted by Gasteiger charge is -2.05. The summed E-state index contributed by atoms with van der Waals surface area (Å²) in [7, 11) is 0. The van der Waals surface area contributed by atoms with Crippen molar-refractivity contribution >= 4 is 27.0 Å². The number of imidazole rings is 1. The van der Waals surface area contributed by atoms with Crippen LogP contribution in [0.3, 0.4) is 0 Å². The molecule has 3 aromatic rings. The standard InChI is InChI=1S/C14H9BrF2N2/c15-10-3-1-2-9(4-10)7-19-8-18-13-5-11(16)12(17)6-14(13)19/h1-6,8H,7H2. The van der Waals surface area contributed by atoms with Gasteiger partial charge in [-0.05, 0) is 17.7 Å². The predicted octanol–water partition coefficient (Wildman–Crippen LogP) is 4.13. The summed E-state index contributed by atoms with van der Waals surface area (Å²) in [4.78, 5) is 4.08. The first kappa shape index (κ1) is 12.3. The van der Waals surface area contributed by atoms with E-state index in [0.29, 0.717) is 17.6 Å². The van der Waals surface area contributed by atoms with E-state index in [-0.39, 0.29) is 0 Å². The molecule has 0 saturated carbocycles.